The van der Waals surface area contributed by atoms with Gasteiger partial charge in [0.25, 0.3) is 15.9 Å². The predicted molar refractivity (Wildman–Crippen MR) is 153 cm³/mol. The van der Waals surface area contributed by atoms with E-state index in [-0.39, 0.29) is 4.90 Å². The Labute approximate surface area is 232 Å². The molecule has 0 saturated heterocycles. The fourth-order valence-electron chi connectivity index (χ4n) is 4.11. The summed E-state index contributed by atoms with van der Waals surface area (Å²) in [6.07, 6.45) is 1.52. The third-order valence-corrected chi connectivity index (χ3v) is 8.25. The van der Waals surface area contributed by atoms with Crippen molar-refractivity contribution in [2.45, 2.75) is 25.7 Å². The number of benzene rings is 3. The molecule has 0 aliphatic heterocycles. The lowest BCUT2D eigenvalue weighted by molar-refractivity contribution is -0.119. The van der Waals surface area contributed by atoms with Crippen LogP contribution in [0.2, 0.25) is 10.0 Å². The smallest absolute Gasteiger partial charge is 0.264 e. The second-order valence-electron chi connectivity index (χ2n) is 8.71. The second-order valence-corrected chi connectivity index (χ2v) is 11.4. The van der Waals surface area contributed by atoms with Gasteiger partial charge in [0, 0.05) is 22.0 Å². The van der Waals surface area contributed by atoms with E-state index in [9.17, 15) is 13.2 Å². The van der Waals surface area contributed by atoms with E-state index in [4.69, 9.17) is 23.2 Å². The molecule has 0 radical (unpaired) electrons. The quantitative estimate of drug-likeness (QED) is 0.207. The van der Waals surface area contributed by atoms with Gasteiger partial charge in [0.05, 0.1) is 27.5 Å². The number of amides is 1. The Morgan fingerprint density at radius 3 is 2.39 bits per heavy atom. The highest BCUT2D eigenvalue weighted by molar-refractivity contribution is 7.92. The molecule has 4 aromatic rings. The SMILES string of the molecule is Cc1cccc(N(CC(=O)N/N=C/c2cc(C)n(-c3ccc(Cl)cc3Cl)c2C)S(=O)(=O)c2ccccc2)c1. The molecular formula is C28H26Cl2N4O3S. The second kappa shape index (κ2) is 11.4. The van der Waals surface area contributed by atoms with Crippen LogP contribution in [-0.4, -0.2) is 31.7 Å². The maximum atomic E-state index is 13.4. The fourth-order valence-corrected chi connectivity index (χ4v) is 6.04. The van der Waals surface area contributed by atoms with E-state index in [1.54, 1.807) is 48.5 Å². The van der Waals surface area contributed by atoms with Crippen LogP contribution in [0.25, 0.3) is 5.69 Å². The van der Waals surface area contributed by atoms with Crippen LogP contribution in [-0.2, 0) is 14.8 Å². The van der Waals surface area contributed by atoms with Crippen molar-refractivity contribution in [3.8, 4) is 5.69 Å². The summed E-state index contributed by atoms with van der Waals surface area (Å²) in [4.78, 5) is 13.0. The monoisotopic (exact) mass is 568 g/mol. The van der Waals surface area contributed by atoms with Crippen molar-refractivity contribution in [1.29, 1.82) is 0 Å². The summed E-state index contributed by atoms with van der Waals surface area (Å²) < 4.78 is 29.9. The number of aromatic nitrogens is 1. The van der Waals surface area contributed by atoms with Crippen LogP contribution in [0.5, 0.6) is 0 Å². The summed E-state index contributed by atoms with van der Waals surface area (Å²) in [5.74, 6) is -0.586. The minimum Gasteiger partial charge on any atom is -0.316 e. The third kappa shape index (κ3) is 5.93. The molecule has 3 aromatic carbocycles. The van der Waals surface area contributed by atoms with Crippen LogP contribution in [0.3, 0.4) is 0 Å². The highest BCUT2D eigenvalue weighted by atomic mass is 35.5. The van der Waals surface area contributed by atoms with Crippen LogP contribution in [0.1, 0.15) is 22.5 Å². The fraction of sp³-hybridized carbons (Fsp3) is 0.143. The van der Waals surface area contributed by atoms with Crippen LogP contribution in [0.4, 0.5) is 5.69 Å². The Hall–Kier alpha value is -3.59. The zero-order valence-corrected chi connectivity index (χ0v) is 23.3. The first kappa shape index (κ1) is 27.4. The van der Waals surface area contributed by atoms with Crippen molar-refractivity contribution in [1.82, 2.24) is 9.99 Å². The van der Waals surface area contributed by atoms with Gasteiger partial charge in [0.2, 0.25) is 0 Å². The van der Waals surface area contributed by atoms with Gasteiger partial charge in [-0.25, -0.2) is 13.8 Å². The van der Waals surface area contributed by atoms with Crippen LogP contribution in [0.15, 0.2) is 88.9 Å². The zero-order valence-electron chi connectivity index (χ0n) is 21.0. The lowest BCUT2D eigenvalue weighted by Crippen LogP contribution is -2.39. The highest BCUT2D eigenvalue weighted by Gasteiger charge is 2.27. The molecule has 0 aliphatic rings. The summed E-state index contributed by atoms with van der Waals surface area (Å²) in [7, 11) is -3.99. The van der Waals surface area contributed by atoms with Gasteiger partial charge in [0.1, 0.15) is 6.54 Å². The summed E-state index contributed by atoms with van der Waals surface area (Å²) in [6.45, 7) is 5.25. The standard InChI is InChI=1S/C28H26Cl2N4O3S/c1-19-8-7-9-24(14-19)33(38(36,37)25-10-5-4-6-11-25)18-28(35)32-31-17-22-15-20(2)34(21(22)3)27-13-12-23(29)16-26(27)30/h4-17H,18H2,1-3H3,(H,32,35)/b31-17+. The van der Waals surface area contributed by atoms with E-state index in [0.717, 1.165) is 32.5 Å². The van der Waals surface area contributed by atoms with Gasteiger partial charge < -0.3 is 4.57 Å². The highest BCUT2D eigenvalue weighted by Crippen LogP contribution is 2.28. The maximum Gasteiger partial charge on any atom is 0.264 e. The Morgan fingerprint density at radius 1 is 0.974 bits per heavy atom. The molecule has 0 bridgehead atoms. The number of aryl methyl sites for hydroxylation is 2. The van der Waals surface area contributed by atoms with Crippen LogP contribution >= 0.6 is 23.2 Å². The number of anilines is 1. The number of nitrogens with one attached hydrogen (secondary N) is 1. The van der Waals surface area contributed by atoms with Gasteiger partial charge in [-0.3, -0.25) is 9.10 Å². The van der Waals surface area contributed by atoms with E-state index < -0.39 is 22.5 Å². The number of hydrazone groups is 1. The van der Waals surface area contributed by atoms with Crippen molar-refractivity contribution < 1.29 is 13.2 Å². The van der Waals surface area contributed by atoms with Crippen LogP contribution < -0.4 is 9.73 Å². The predicted octanol–water partition coefficient (Wildman–Crippen LogP) is 6.05. The van der Waals surface area contributed by atoms with Crippen LogP contribution in [0, 0.1) is 20.8 Å². The molecule has 1 aromatic heterocycles. The van der Waals surface area contributed by atoms with Gasteiger partial charge in [-0.2, -0.15) is 5.10 Å². The molecule has 4 rings (SSSR count). The molecule has 38 heavy (non-hydrogen) atoms. The maximum absolute atomic E-state index is 13.4. The summed E-state index contributed by atoms with van der Waals surface area (Å²) in [5.41, 5.74) is 7.02. The number of carbonyl (C=O) groups excluding carboxylic acids is 1. The normalized spacial score (nSPS) is 11.6. The van der Waals surface area contributed by atoms with Crippen molar-refractivity contribution in [2.24, 2.45) is 5.10 Å². The number of hydrogen-bond acceptors (Lipinski definition) is 4. The van der Waals surface area contributed by atoms with E-state index in [1.165, 1.54) is 18.3 Å². The lowest BCUT2D eigenvalue weighted by atomic mass is 10.2. The summed E-state index contributed by atoms with van der Waals surface area (Å²) >= 11 is 12.4. The van der Waals surface area contributed by atoms with E-state index in [2.05, 4.69) is 10.5 Å². The number of carbonyl (C=O) groups is 1. The van der Waals surface area contributed by atoms with Gasteiger partial charge in [-0.05, 0) is 74.9 Å². The minimum atomic E-state index is -3.99. The number of nitrogens with zero attached hydrogens (tertiary/aromatic N) is 3. The average molecular weight is 570 g/mol. The first-order chi connectivity index (χ1) is 18.1. The van der Waals surface area contributed by atoms with Gasteiger partial charge in [0.15, 0.2) is 0 Å². The molecule has 0 spiro atoms. The number of halogens is 2. The molecule has 196 valence electrons. The van der Waals surface area contributed by atoms with E-state index in [0.29, 0.717) is 15.7 Å². The van der Waals surface area contributed by atoms with Crippen molar-refractivity contribution >= 4 is 51.0 Å². The minimum absolute atomic E-state index is 0.0890. The van der Waals surface area contributed by atoms with Gasteiger partial charge >= 0.3 is 0 Å². The lowest BCUT2D eigenvalue weighted by Gasteiger charge is -2.24. The van der Waals surface area contributed by atoms with E-state index >= 15 is 0 Å². The van der Waals surface area contributed by atoms with Gasteiger partial charge in [-0.1, -0.05) is 53.5 Å². The zero-order chi connectivity index (χ0) is 27.4. The third-order valence-electron chi connectivity index (χ3n) is 5.92. The summed E-state index contributed by atoms with van der Waals surface area (Å²) in [5, 5.41) is 5.14. The number of rotatable bonds is 8. The molecule has 10 heteroatoms. The topological polar surface area (TPSA) is 83.8 Å². The number of hydrogen-bond donors (Lipinski definition) is 1. The molecule has 1 amide bonds. The van der Waals surface area contributed by atoms with Gasteiger partial charge in [-0.15, -0.1) is 0 Å². The van der Waals surface area contributed by atoms with Crippen molar-refractivity contribution in [3.05, 3.63) is 111 Å². The Kier molecular flexibility index (Phi) is 8.26. The molecule has 7 nitrogen and oxygen atoms in total. The molecular weight excluding hydrogens is 543 g/mol. The molecule has 0 saturated carbocycles. The average Bonchev–Trinajstić information content (AvgIpc) is 3.15. The Bertz CT molecular complexity index is 1620. The molecule has 0 atom stereocenters. The molecule has 0 fully saturated rings. The first-order valence-corrected chi connectivity index (χ1v) is 13.9. The molecule has 0 aliphatic carbocycles. The molecule has 0 unspecified atom stereocenters. The Balaban J connectivity index is 1.56. The largest absolute Gasteiger partial charge is 0.316 e. The summed E-state index contributed by atoms with van der Waals surface area (Å²) in [6, 6.07) is 22.2. The molecule has 1 heterocycles. The Morgan fingerprint density at radius 2 is 1.71 bits per heavy atom. The van der Waals surface area contributed by atoms with E-state index in [1.807, 2.05) is 43.5 Å². The van der Waals surface area contributed by atoms with Crippen molar-refractivity contribution in [2.75, 3.05) is 10.8 Å². The number of sulfonamides is 1. The first-order valence-electron chi connectivity index (χ1n) is 11.7. The van der Waals surface area contributed by atoms with Crippen molar-refractivity contribution in [3.63, 3.8) is 0 Å². The molecule has 1 N–H and O–H groups in total.